The first-order valence-corrected chi connectivity index (χ1v) is 17.4. The van der Waals surface area contributed by atoms with E-state index in [1.165, 1.54) is 6.07 Å². The Bertz CT molecular complexity index is 1880. The Morgan fingerprint density at radius 3 is 1.38 bits per heavy atom. The van der Waals surface area contributed by atoms with Crippen LogP contribution in [0.1, 0.15) is 90.1 Å². The van der Waals surface area contributed by atoms with Crippen molar-refractivity contribution >= 4 is 45.7 Å². The molecule has 3 aromatic rings. The second kappa shape index (κ2) is 20.1. The van der Waals surface area contributed by atoms with Gasteiger partial charge in [-0.05, 0) is 142 Å². The topological polar surface area (TPSA) is 168 Å². The number of alkyl carbamates (subject to hydrolysis) is 1. The Labute approximate surface area is 327 Å². The van der Waals surface area contributed by atoms with Crippen molar-refractivity contribution in [3.05, 3.63) is 85.2 Å². The number of ether oxygens (including phenoxy) is 1. The molecular formula is C41H54F3IN6O2. The van der Waals surface area contributed by atoms with Crippen molar-refractivity contribution in [2.45, 2.75) is 105 Å². The minimum atomic E-state index is -0.857. The van der Waals surface area contributed by atoms with Gasteiger partial charge in [-0.15, -0.1) is 6.42 Å². The van der Waals surface area contributed by atoms with Gasteiger partial charge in [-0.1, -0.05) is 29.6 Å². The first-order valence-electron chi connectivity index (χ1n) is 16.3. The molecule has 0 aliphatic carbocycles. The van der Waals surface area contributed by atoms with Crippen LogP contribution in [-0.4, -0.2) is 28.3 Å². The maximum Gasteiger partial charge on any atom is 0.408 e. The molecule has 0 aliphatic heterocycles. The Hall–Kier alpha value is -4.55. The maximum atomic E-state index is 14.0. The number of amides is 1. The van der Waals surface area contributed by atoms with Crippen LogP contribution in [0.5, 0.6) is 0 Å². The average molecular weight is 847 g/mol. The molecule has 1 amide bonds. The van der Waals surface area contributed by atoms with Crippen LogP contribution < -0.4 is 34.0 Å². The van der Waals surface area contributed by atoms with Gasteiger partial charge in [0, 0.05) is 37.3 Å². The molecule has 53 heavy (non-hydrogen) atoms. The van der Waals surface area contributed by atoms with E-state index in [1.54, 1.807) is 113 Å². The van der Waals surface area contributed by atoms with Crippen LogP contribution in [0.15, 0.2) is 36.4 Å². The van der Waals surface area contributed by atoms with Crippen LogP contribution in [0.25, 0.3) is 0 Å². The van der Waals surface area contributed by atoms with Crippen molar-refractivity contribution in [1.29, 1.82) is 0 Å². The quantitative estimate of drug-likeness (QED) is 0.0824. The fourth-order valence-electron chi connectivity index (χ4n) is 3.30. The Kier molecular flexibility index (Phi) is 18.3. The van der Waals surface area contributed by atoms with Crippen LogP contribution >= 0.6 is 22.6 Å². The highest BCUT2D eigenvalue weighted by molar-refractivity contribution is 14.1. The number of halogens is 4. The molecule has 288 valence electrons. The molecule has 0 bridgehead atoms. The molecule has 0 fully saturated rings. The largest absolute Gasteiger partial charge is 0.444 e. The third-order valence-corrected chi connectivity index (χ3v) is 7.29. The monoisotopic (exact) mass is 846 g/mol. The zero-order valence-electron chi connectivity index (χ0n) is 32.8. The summed E-state index contributed by atoms with van der Waals surface area (Å²) in [4.78, 5) is 11.8. The van der Waals surface area contributed by atoms with E-state index < -0.39 is 34.1 Å². The van der Waals surface area contributed by atoms with E-state index in [4.69, 9.17) is 39.8 Å². The van der Waals surface area contributed by atoms with Gasteiger partial charge in [-0.25, -0.2) is 18.0 Å². The molecule has 0 unspecified atom stereocenters. The molecule has 0 spiro atoms. The number of nitrogen functional groups attached to an aromatic ring is 3. The fourth-order valence-corrected chi connectivity index (χ4v) is 3.89. The molecule has 8 nitrogen and oxygen atoms in total. The van der Waals surface area contributed by atoms with E-state index in [-0.39, 0.29) is 17.2 Å². The minimum Gasteiger partial charge on any atom is -0.444 e. The number of nitrogens with one attached hydrogen (secondary N) is 1. The number of benzene rings is 3. The van der Waals surface area contributed by atoms with Crippen LogP contribution in [0, 0.1) is 77.8 Å². The van der Waals surface area contributed by atoms with Crippen LogP contribution in [-0.2, 0) is 4.74 Å². The van der Waals surface area contributed by atoms with Crippen molar-refractivity contribution in [3.8, 4) is 36.0 Å². The number of carbonyl (C=O) groups excluding carboxylic acids is 1. The number of nitrogens with two attached hydrogens (primary N) is 5. The molecule has 3 aromatic carbocycles. The standard InChI is InChI=1S/C17H23FN2O2.C12H15FN2.C7H7FIN.C5H9N/c1-11-13(19)8-7-12(14(11)18)9-10-17(5,6)20-15(21)22-16(2,3)4;1-8-10(14)5-4-9(11(8)13)6-7-12(2,3)15;1-4-6(10)3-2-5(9)7(4)8;1-4-5(2,3)6/h7-8H,19H2,1-6H3,(H,20,21);4-5H,14-15H2,1-3H3;2-3H,10H2,1H3;1H,6H2,2-3H3. The molecule has 3 rings (SSSR count). The zero-order chi connectivity index (χ0) is 41.7. The highest BCUT2D eigenvalue weighted by atomic mass is 127. The van der Waals surface area contributed by atoms with E-state index in [0.29, 0.717) is 42.9 Å². The Morgan fingerprint density at radius 1 is 0.679 bits per heavy atom. The summed E-state index contributed by atoms with van der Waals surface area (Å²) < 4.78 is 46.3. The summed E-state index contributed by atoms with van der Waals surface area (Å²) in [5.74, 6) is 12.4. The number of hydrogen-bond acceptors (Lipinski definition) is 7. The highest BCUT2D eigenvalue weighted by Gasteiger charge is 2.23. The molecule has 0 atom stereocenters. The molecule has 0 heterocycles. The van der Waals surface area contributed by atoms with Gasteiger partial charge in [0.05, 0.1) is 27.7 Å². The fraction of sp³-hybridized carbons (Fsp3) is 0.390. The van der Waals surface area contributed by atoms with Crippen LogP contribution in [0.4, 0.5) is 35.0 Å². The van der Waals surface area contributed by atoms with Gasteiger partial charge in [-0.2, -0.15) is 0 Å². The molecule has 0 aliphatic rings. The van der Waals surface area contributed by atoms with Crippen molar-refractivity contribution < 1.29 is 22.7 Å². The lowest BCUT2D eigenvalue weighted by molar-refractivity contribution is 0.0494. The molecule has 0 saturated carbocycles. The molecular weight excluding hydrogens is 792 g/mol. The summed E-state index contributed by atoms with van der Waals surface area (Å²) in [5, 5.41) is 2.65. The maximum absolute atomic E-state index is 14.0. The van der Waals surface area contributed by atoms with Crippen LogP contribution in [0.2, 0.25) is 0 Å². The third-order valence-electron chi connectivity index (χ3n) is 6.45. The van der Waals surface area contributed by atoms with Crippen molar-refractivity contribution in [2.75, 3.05) is 17.2 Å². The number of rotatable bonds is 1. The van der Waals surface area contributed by atoms with Crippen molar-refractivity contribution in [2.24, 2.45) is 11.5 Å². The first-order chi connectivity index (χ1) is 23.9. The highest BCUT2D eigenvalue weighted by Crippen LogP contribution is 2.20. The van der Waals surface area contributed by atoms with Crippen LogP contribution in [0.3, 0.4) is 0 Å². The SMILES string of the molecule is C#CC(C)(C)N.Cc1c(N)ccc(C#CC(C)(C)N)c1F.Cc1c(N)ccc(C#CC(C)(C)NC(=O)OC(C)(C)C)c1F.Cc1c(N)ccc(I)c1F. The van der Waals surface area contributed by atoms with Gasteiger partial charge in [0.2, 0.25) is 0 Å². The lowest BCUT2D eigenvalue weighted by Gasteiger charge is -2.24. The zero-order valence-corrected chi connectivity index (χ0v) is 34.9. The van der Waals surface area contributed by atoms with Crippen molar-refractivity contribution in [3.63, 3.8) is 0 Å². The van der Waals surface area contributed by atoms with Gasteiger partial charge in [0.25, 0.3) is 0 Å². The molecule has 0 saturated heterocycles. The van der Waals surface area contributed by atoms with Gasteiger partial charge in [0.15, 0.2) is 0 Å². The lowest BCUT2D eigenvalue weighted by Crippen LogP contribution is -2.44. The second-order valence-corrected chi connectivity index (χ2v) is 15.9. The summed E-state index contributed by atoms with van der Waals surface area (Å²) in [6, 6.07) is 9.71. The Morgan fingerprint density at radius 2 is 1.04 bits per heavy atom. The van der Waals surface area contributed by atoms with Gasteiger partial charge < -0.3 is 38.7 Å². The lowest BCUT2D eigenvalue weighted by atomic mass is 10.0. The molecule has 11 N–H and O–H groups in total. The normalized spacial score (nSPS) is 10.8. The second-order valence-electron chi connectivity index (χ2n) is 14.7. The predicted molar refractivity (Wildman–Crippen MR) is 222 cm³/mol. The first kappa shape index (κ1) is 48.5. The number of hydrogen-bond donors (Lipinski definition) is 6. The van der Waals surface area contributed by atoms with Gasteiger partial charge in [0.1, 0.15) is 23.1 Å². The van der Waals surface area contributed by atoms with Gasteiger partial charge in [-0.3, -0.25) is 0 Å². The summed E-state index contributed by atoms with van der Waals surface area (Å²) >= 11 is 1.94. The summed E-state index contributed by atoms with van der Waals surface area (Å²) in [5.41, 5.74) is 28.4. The van der Waals surface area contributed by atoms with E-state index in [2.05, 4.69) is 34.9 Å². The van der Waals surface area contributed by atoms with E-state index in [0.717, 1.165) is 0 Å². The minimum absolute atomic E-state index is 0.208. The molecule has 0 aromatic heterocycles. The molecule has 0 radical (unpaired) electrons. The van der Waals surface area contributed by atoms with Crippen molar-refractivity contribution in [1.82, 2.24) is 5.32 Å². The van der Waals surface area contributed by atoms with E-state index >= 15 is 0 Å². The smallest absolute Gasteiger partial charge is 0.408 e. The summed E-state index contributed by atoms with van der Waals surface area (Å²) in [7, 11) is 0. The number of terminal acetylenes is 1. The third kappa shape index (κ3) is 19.2. The summed E-state index contributed by atoms with van der Waals surface area (Å²) in [6.07, 6.45) is 4.36. The summed E-state index contributed by atoms with van der Waals surface area (Å²) in [6.45, 7) is 20.8. The van der Waals surface area contributed by atoms with E-state index in [1.807, 2.05) is 22.6 Å². The molecule has 12 heteroatoms. The Balaban J connectivity index is 0.000000751. The average Bonchev–Trinajstić information content (AvgIpc) is 3.01. The number of anilines is 3. The van der Waals surface area contributed by atoms with E-state index in [9.17, 15) is 18.0 Å². The number of carbonyl (C=O) groups is 1. The predicted octanol–water partition coefficient (Wildman–Crippen LogP) is 7.85. The van der Waals surface area contributed by atoms with Gasteiger partial charge >= 0.3 is 6.09 Å².